The van der Waals surface area contributed by atoms with Gasteiger partial charge in [-0.05, 0) is 45.0 Å². The molecule has 0 spiro atoms. The van der Waals surface area contributed by atoms with Gasteiger partial charge in [0.25, 0.3) is 0 Å². The fourth-order valence-electron chi connectivity index (χ4n) is 4.05. The number of carbonyl (C=O) groups is 1. The highest BCUT2D eigenvalue weighted by Gasteiger charge is 2.29. The second-order valence-electron chi connectivity index (χ2n) is 8.05. The van der Waals surface area contributed by atoms with Gasteiger partial charge < -0.3 is 25.2 Å². The van der Waals surface area contributed by atoms with Gasteiger partial charge in [0.15, 0.2) is 0 Å². The first kappa shape index (κ1) is 20.0. The highest BCUT2D eigenvalue weighted by Crippen LogP contribution is 2.30. The maximum Gasteiger partial charge on any atom is 0.223 e. The summed E-state index contributed by atoms with van der Waals surface area (Å²) in [7, 11) is 4.09. The summed E-state index contributed by atoms with van der Waals surface area (Å²) in [5.41, 5.74) is 7.26. The van der Waals surface area contributed by atoms with E-state index in [0.29, 0.717) is 18.9 Å². The van der Waals surface area contributed by atoms with Gasteiger partial charge >= 0.3 is 0 Å². The molecule has 1 aliphatic heterocycles. The number of carbonyl (C=O) groups excluding carboxylic acids is 1. The number of likely N-dealkylation sites (N-methyl/N-ethyl adjacent to an activating group) is 1. The molecule has 1 saturated carbocycles. The van der Waals surface area contributed by atoms with E-state index in [-0.39, 0.29) is 11.9 Å². The van der Waals surface area contributed by atoms with Crippen LogP contribution in [0.2, 0.25) is 0 Å². The molecule has 1 saturated heterocycles. The largest absolute Gasteiger partial charge is 0.490 e. The van der Waals surface area contributed by atoms with E-state index >= 15 is 0 Å². The number of benzene rings is 1. The molecular weight excluding hydrogens is 340 g/mol. The summed E-state index contributed by atoms with van der Waals surface area (Å²) < 4.78 is 6.00. The summed E-state index contributed by atoms with van der Waals surface area (Å²) >= 11 is 0. The molecule has 0 radical (unpaired) electrons. The number of rotatable bonds is 7. The Hall–Kier alpha value is -1.79. The minimum absolute atomic E-state index is 0.210. The van der Waals surface area contributed by atoms with Crippen LogP contribution >= 0.6 is 0 Å². The zero-order chi connectivity index (χ0) is 19.2. The Morgan fingerprint density at radius 2 is 1.93 bits per heavy atom. The van der Waals surface area contributed by atoms with Gasteiger partial charge in [0, 0.05) is 45.2 Å². The third kappa shape index (κ3) is 5.36. The van der Waals surface area contributed by atoms with Crippen molar-refractivity contribution >= 4 is 11.6 Å². The number of hydrogen-bond acceptors (Lipinski definition) is 5. The summed E-state index contributed by atoms with van der Waals surface area (Å²) in [6.45, 7) is 4.79. The molecule has 2 N–H and O–H groups in total. The first-order valence-corrected chi connectivity index (χ1v) is 10.2. The molecule has 0 unspecified atom stereocenters. The van der Waals surface area contributed by atoms with Crippen molar-refractivity contribution in [2.75, 3.05) is 58.3 Å². The lowest BCUT2D eigenvalue weighted by molar-refractivity contribution is -0.132. The van der Waals surface area contributed by atoms with E-state index in [2.05, 4.69) is 15.9 Å². The predicted octanol–water partition coefficient (Wildman–Crippen LogP) is 1.79. The summed E-state index contributed by atoms with van der Waals surface area (Å²) in [4.78, 5) is 19.1. The first-order chi connectivity index (χ1) is 13.0. The van der Waals surface area contributed by atoms with E-state index in [1.807, 2.05) is 37.2 Å². The van der Waals surface area contributed by atoms with Crippen molar-refractivity contribution in [2.24, 2.45) is 11.7 Å². The van der Waals surface area contributed by atoms with Crippen LogP contribution in [-0.2, 0) is 4.79 Å². The summed E-state index contributed by atoms with van der Waals surface area (Å²) in [6.07, 6.45) is 3.95. The van der Waals surface area contributed by atoms with E-state index in [0.717, 1.165) is 63.4 Å². The second-order valence-corrected chi connectivity index (χ2v) is 8.05. The number of hydrogen-bond donors (Lipinski definition) is 1. The highest BCUT2D eigenvalue weighted by molar-refractivity contribution is 5.77. The highest BCUT2D eigenvalue weighted by atomic mass is 16.5. The molecular formula is C21H34N4O2. The van der Waals surface area contributed by atoms with Gasteiger partial charge in [-0.1, -0.05) is 18.6 Å². The summed E-state index contributed by atoms with van der Waals surface area (Å²) in [6, 6.07) is 8.41. The maximum absolute atomic E-state index is 12.6. The van der Waals surface area contributed by atoms with E-state index < -0.39 is 0 Å². The van der Waals surface area contributed by atoms with Gasteiger partial charge in [-0.3, -0.25) is 4.79 Å². The molecule has 6 heteroatoms. The van der Waals surface area contributed by atoms with Crippen molar-refractivity contribution in [3.05, 3.63) is 24.3 Å². The summed E-state index contributed by atoms with van der Waals surface area (Å²) in [5, 5.41) is 0. The number of nitrogens with zero attached hydrogens (tertiary/aromatic N) is 3. The Morgan fingerprint density at radius 1 is 1.19 bits per heavy atom. The number of anilines is 1. The first-order valence-electron chi connectivity index (χ1n) is 10.2. The third-order valence-corrected chi connectivity index (χ3v) is 5.79. The van der Waals surface area contributed by atoms with Crippen molar-refractivity contribution in [3.8, 4) is 5.75 Å². The molecule has 6 nitrogen and oxygen atoms in total. The molecule has 1 aliphatic carbocycles. The number of piperazine rings is 1. The van der Waals surface area contributed by atoms with Crippen LogP contribution in [0.5, 0.6) is 5.75 Å². The Balaban J connectivity index is 1.52. The summed E-state index contributed by atoms with van der Waals surface area (Å²) in [5.74, 6) is 1.57. The monoisotopic (exact) mass is 374 g/mol. The van der Waals surface area contributed by atoms with Gasteiger partial charge in [0.05, 0.1) is 5.69 Å². The number of para-hydroxylation sites is 2. The zero-order valence-corrected chi connectivity index (χ0v) is 16.8. The molecule has 27 heavy (non-hydrogen) atoms. The van der Waals surface area contributed by atoms with Crippen LogP contribution in [0.4, 0.5) is 5.69 Å². The van der Waals surface area contributed by atoms with Gasteiger partial charge in [-0.25, -0.2) is 0 Å². The molecule has 1 amide bonds. The van der Waals surface area contributed by atoms with Gasteiger partial charge in [0.1, 0.15) is 12.4 Å². The molecule has 150 valence electrons. The van der Waals surface area contributed by atoms with Crippen molar-refractivity contribution in [3.63, 3.8) is 0 Å². The van der Waals surface area contributed by atoms with Gasteiger partial charge in [-0.2, -0.15) is 0 Å². The fraction of sp³-hybridized carbons (Fsp3) is 0.667. The topological polar surface area (TPSA) is 62.0 Å². The van der Waals surface area contributed by atoms with Crippen molar-refractivity contribution in [2.45, 2.75) is 31.7 Å². The van der Waals surface area contributed by atoms with Crippen LogP contribution in [-0.4, -0.2) is 75.2 Å². The minimum atomic E-state index is 0.210. The van der Waals surface area contributed by atoms with E-state index in [4.69, 9.17) is 10.5 Å². The molecule has 2 aliphatic rings. The lowest BCUT2D eigenvalue weighted by Gasteiger charge is -2.37. The maximum atomic E-state index is 12.6. The molecule has 0 bridgehead atoms. The molecule has 3 rings (SSSR count). The van der Waals surface area contributed by atoms with Gasteiger partial charge in [-0.15, -0.1) is 0 Å². The molecule has 1 aromatic carbocycles. The van der Waals surface area contributed by atoms with E-state index in [9.17, 15) is 4.79 Å². The average molecular weight is 375 g/mol. The third-order valence-electron chi connectivity index (χ3n) is 5.79. The zero-order valence-electron chi connectivity index (χ0n) is 16.8. The number of ether oxygens (including phenoxy) is 1. The fourth-order valence-corrected chi connectivity index (χ4v) is 4.05. The SMILES string of the molecule is CN(C)CCOc1ccccc1N1CCN(C(=O)C[C@@H]2CCC[C@H]2N)CC1. The molecule has 2 fully saturated rings. The van der Waals surface area contributed by atoms with E-state index in [1.165, 1.54) is 0 Å². The van der Waals surface area contributed by atoms with Crippen LogP contribution in [0.3, 0.4) is 0 Å². The molecule has 1 aromatic rings. The molecule has 2 atom stereocenters. The van der Waals surface area contributed by atoms with Crippen molar-refractivity contribution in [1.29, 1.82) is 0 Å². The Morgan fingerprint density at radius 3 is 2.59 bits per heavy atom. The van der Waals surface area contributed by atoms with Crippen LogP contribution in [0.15, 0.2) is 24.3 Å². The second kappa shape index (κ2) is 9.42. The standard InChI is InChI=1S/C21H34N4O2/c1-23(2)14-15-27-20-9-4-3-8-19(20)24-10-12-25(13-11-24)21(26)16-17-6-5-7-18(17)22/h3-4,8-9,17-18H,5-7,10-16,22H2,1-2H3/t17-,18+/m0/s1. The Bertz CT molecular complexity index is 614. The minimum Gasteiger partial charge on any atom is -0.490 e. The molecule has 1 heterocycles. The average Bonchev–Trinajstić information content (AvgIpc) is 3.06. The quantitative estimate of drug-likeness (QED) is 0.788. The Labute approximate surface area is 163 Å². The lowest BCUT2D eigenvalue weighted by Crippen LogP contribution is -2.49. The van der Waals surface area contributed by atoms with E-state index in [1.54, 1.807) is 0 Å². The van der Waals surface area contributed by atoms with Crippen molar-refractivity contribution in [1.82, 2.24) is 9.80 Å². The lowest BCUT2D eigenvalue weighted by atomic mass is 9.99. The van der Waals surface area contributed by atoms with Crippen LogP contribution in [0, 0.1) is 5.92 Å². The predicted molar refractivity (Wildman–Crippen MR) is 109 cm³/mol. The van der Waals surface area contributed by atoms with Crippen LogP contribution in [0.1, 0.15) is 25.7 Å². The van der Waals surface area contributed by atoms with Crippen LogP contribution < -0.4 is 15.4 Å². The normalized spacial score (nSPS) is 23.1. The number of amides is 1. The van der Waals surface area contributed by atoms with Crippen molar-refractivity contribution < 1.29 is 9.53 Å². The smallest absolute Gasteiger partial charge is 0.223 e. The van der Waals surface area contributed by atoms with Gasteiger partial charge in [0.2, 0.25) is 5.91 Å². The number of nitrogens with two attached hydrogens (primary N) is 1. The van der Waals surface area contributed by atoms with Crippen LogP contribution in [0.25, 0.3) is 0 Å². The Kier molecular flexibility index (Phi) is 6.96. The molecule has 0 aromatic heterocycles.